The molecule has 0 amide bonds. The number of hydrogen-bond acceptors (Lipinski definition) is 2. The number of alkyl halides is 3. The number of halogens is 3. The Balaban J connectivity index is 2.39. The Morgan fingerprint density at radius 2 is 1.90 bits per heavy atom. The molecule has 1 aromatic heterocycles. The van der Waals surface area contributed by atoms with Crippen molar-refractivity contribution in [3.05, 3.63) is 47.2 Å². The van der Waals surface area contributed by atoms with Crippen LogP contribution in [0.4, 0.5) is 13.2 Å². The molecule has 2 nitrogen and oxygen atoms in total. The third-order valence-corrected chi connectivity index (χ3v) is 3.55. The van der Waals surface area contributed by atoms with Crippen LogP contribution in [0.15, 0.2) is 34.7 Å². The predicted octanol–water partition coefficient (Wildman–Crippen LogP) is 4.94. The van der Waals surface area contributed by atoms with Gasteiger partial charge in [-0.3, -0.25) is 0 Å². The van der Waals surface area contributed by atoms with Gasteiger partial charge in [0.15, 0.2) is 0 Å². The van der Waals surface area contributed by atoms with Crippen molar-refractivity contribution in [2.45, 2.75) is 32.5 Å². The van der Waals surface area contributed by atoms with E-state index in [1.807, 2.05) is 14.0 Å². The number of rotatable bonds is 4. The molecule has 0 aliphatic heterocycles. The van der Waals surface area contributed by atoms with Crippen molar-refractivity contribution >= 4 is 0 Å². The second-order valence-electron chi connectivity index (χ2n) is 4.98. The molecule has 1 N–H and O–H groups in total. The van der Waals surface area contributed by atoms with Crippen LogP contribution in [0.1, 0.15) is 36.3 Å². The predicted molar refractivity (Wildman–Crippen MR) is 76.0 cm³/mol. The van der Waals surface area contributed by atoms with Gasteiger partial charge in [-0.25, -0.2) is 0 Å². The first-order chi connectivity index (χ1) is 9.86. The van der Waals surface area contributed by atoms with E-state index in [4.69, 9.17) is 4.42 Å². The summed E-state index contributed by atoms with van der Waals surface area (Å²) in [6.07, 6.45) is -3.52. The van der Waals surface area contributed by atoms with Gasteiger partial charge in [0.2, 0.25) is 0 Å². The van der Waals surface area contributed by atoms with Crippen LogP contribution in [-0.2, 0) is 6.18 Å². The Hall–Kier alpha value is -1.75. The summed E-state index contributed by atoms with van der Waals surface area (Å²) >= 11 is 0. The summed E-state index contributed by atoms with van der Waals surface area (Å²) in [4.78, 5) is 0. The molecular weight excluding hydrogens is 279 g/mol. The van der Waals surface area contributed by atoms with Gasteiger partial charge in [0.25, 0.3) is 0 Å². The molecule has 2 aromatic rings. The van der Waals surface area contributed by atoms with E-state index in [1.165, 1.54) is 13.0 Å². The first-order valence-electron chi connectivity index (χ1n) is 6.82. The highest BCUT2D eigenvalue weighted by atomic mass is 19.4. The van der Waals surface area contributed by atoms with Gasteiger partial charge in [-0.05, 0) is 44.2 Å². The Labute approximate surface area is 122 Å². The largest absolute Gasteiger partial charge is 0.459 e. The molecule has 0 bridgehead atoms. The van der Waals surface area contributed by atoms with Crippen LogP contribution in [0.5, 0.6) is 0 Å². The lowest BCUT2D eigenvalue weighted by Crippen LogP contribution is -2.14. The zero-order valence-electron chi connectivity index (χ0n) is 12.2. The van der Waals surface area contributed by atoms with Gasteiger partial charge in [-0.1, -0.05) is 19.1 Å². The lowest BCUT2D eigenvalue weighted by molar-refractivity contribution is -0.138. The molecule has 0 spiro atoms. The summed E-state index contributed by atoms with van der Waals surface area (Å²) in [5, 5.41) is 3.10. The van der Waals surface area contributed by atoms with Gasteiger partial charge < -0.3 is 9.73 Å². The first-order valence-corrected chi connectivity index (χ1v) is 6.82. The minimum absolute atomic E-state index is 0.0614. The van der Waals surface area contributed by atoms with Crippen molar-refractivity contribution < 1.29 is 17.6 Å². The number of benzene rings is 1. The Morgan fingerprint density at radius 1 is 1.19 bits per heavy atom. The van der Waals surface area contributed by atoms with E-state index in [1.54, 1.807) is 18.2 Å². The highest BCUT2D eigenvalue weighted by Gasteiger charge is 2.32. The van der Waals surface area contributed by atoms with Crippen LogP contribution < -0.4 is 5.32 Å². The zero-order valence-corrected chi connectivity index (χ0v) is 12.2. The minimum Gasteiger partial charge on any atom is -0.459 e. The van der Waals surface area contributed by atoms with E-state index in [0.29, 0.717) is 11.3 Å². The van der Waals surface area contributed by atoms with Crippen molar-refractivity contribution in [3.63, 3.8) is 0 Å². The maximum atomic E-state index is 12.9. The molecule has 0 aliphatic carbocycles. The number of furan rings is 1. The summed E-state index contributed by atoms with van der Waals surface area (Å²) in [7, 11) is 1.82. The number of nitrogens with one attached hydrogen (secondary N) is 1. The smallest absolute Gasteiger partial charge is 0.416 e. The summed E-state index contributed by atoms with van der Waals surface area (Å²) in [6.45, 7) is 3.46. The molecule has 5 heteroatoms. The normalized spacial score (nSPS) is 13.4. The molecule has 1 aromatic carbocycles. The molecule has 0 aliphatic rings. The maximum Gasteiger partial charge on any atom is 0.416 e. The molecule has 1 unspecified atom stereocenters. The summed E-state index contributed by atoms with van der Waals surface area (Å²) < 4.78 is 44.5. The molecule has 114 valence electrons. The molecule has 1 heterocycles. The molecule has 0 radical (unpaired) electrons. The van der Waals surface area contributed by atoms with E-state index in [2.05, 4.69) is 5.32 Å². The topological polar surface area (TPSA) is 25.2 Å². The first kappa shape index (κ1) is 15.6. The average Bonchev–Trinajstić information content (AvgIpc) is 2.89. The van der Waals surface area contributed by atoms with Crippen LogP contribution in [-0.4, -0.2) is 7.05 Å². The summed E-state index contributed by atoms with van der Waals surface area (Å²) in [6, 6.07) is 7.82. The monoisotopic (exact) mass is 297 g/mol. The zero-order chi connectivity index (χ0) is 15.6. The lowest BCUT2D eigenvalue weighted by Gasteiger charge is -2.12. The highest BCUT2D eigenvalue weighted by Crippen LogP contribution is 2.35. The fourth-order valence-corrected chi connectivity index (χ4v) is 2.32. The second-order valence-corrected chi connectivity index (χ2v) is 4.98. The van der Waals surface area contributed by atoms with Crippen molar-refractivity contribution in [1.29, 1.82) is 0 Å². The van der Waals surface area contributed by atoms with Gasteiger partial charge in [0.05, 0.1) is 11.6 Å². The van der Waals surface area contributed by atoms with E-state index in [0.717, 1.165) is 18.2 Å². The Kier molecular flexibility index (Phi) is 4.42. The fraction of sp³-hybridized carbons (Fsp3) is 0.375. The Morgan fingerprint density at radius 3 is 2.48 bits per heavy atom. The van der Waals surface area contributed by atoms with Crippen molar-refractivity contribution in [2.75, 3.05) is 7.05 Å². The van der Waals surface area contributed by atoms with Gasteiger partial charge >= 0.3 is 6.18 Å². The molecule has 0 fully saturated rings. The van der Waals surface area contributed by atoms with Gasteiger partial charge in [0, 0.05) is 5.56 Å². The van der Waals surface area contributed by atoms with Gasteiger partial charge in [-0.2, -0.15) is 13.2 Å². The lowest BCUT2D eigenvalue weighted by atomic mass is 10.0. The molecule has 0 saturated heterocycles. The maximum absolute atomic E-state index is 12.9. The van der Waals surface area contributed by atoms with E-state index in [-0.39, 0.29) is 11.6 Å². The fourth-order valence-electron chi connectivity index (χ4n) is 2.32. The third-order valence-electron chi connectivity index (χ3n) is 3.55. The average molecular weight is 297 g/mol. The SMILES string of the molecule is CCC(NC)c1ccc(-c2ccc(C)c(C(F)(F)F)c2)o1. The molecular formula is C16H18F3NO. The van der Waals surface area contributed by atoms with E-state index in [9.17, 15) is 13.2 Å². The van der Waals surface area contributed by atoms with Crippen molar-refractivity contribution in [2.24, 2.45) is 0 Å². The molecule has 1 atom stereocenters. The summed E-state index contributed by atoms with van der Waals surface area (Å²) in [5.74, 6) is 1.17. The van der Waals surface area contributed by atoms with Gasteiger partial charge in [0.1, 0.15) is 11.5 Å². The molecule has 21 heavy (non-hydrogen) atoms. The van der Waals surface area contributed by atoms with Crippen LogP contribution in [0, 0.1) is 6.92 Å². The quantitative estimate of drug-likeness (QED) is 0.864. The second kappa shape index (κ2) is 5.93. The molecule has 2 rings (SSSR count). The third kappa shape index (κ3) is 3.29. The highest BCUT2D eigenvalue weighted by molar-refractivity contribution is 5.60. The van der Waals surface area contributed by atoms with Crippen LogP contribution in [0.2, 0.25) is 0 Å². The van der Waals surface area contributed by atoms with Crippen molar-refractivity contribution in [3.8, 4) is 11.3 Å². The molecule has 0 saturated carbocycles. The number of hydrogen-bond donors (Lipinski definition) is 1. The number of aryl methyl sites for hydroxylation is 1. The van der Waals surface area contributed by atoms with E-state index < -0.39 is 11.7 Å². The Bertz CT molecular complexity index is 612. The van der Waals surface area contributed by atoms with Crippen LogP contribution in [0.25, 0.3) is 11.3 Å². The standard InChI is InChI=1S/C16H18F3NO/c1-4-13(20-3)15-8-7-14(21-15)11-6-5-10(2)12(9-11)16(17,18)19/h5-9,13,20H,4H2,1-3H3. The van der Waals surface area contributed by atoms with Crippen molar-refractivity contribution in [1.82, 2.24) is 5.32 Å². The minimum atomic E-state index is -4.35. The summed E-state index contributed by atoms with van der Waals surface area (Å²) in [5.41, 5.74) is 0.0171. The van der Waals surface area contributed by atoms with Gasteiger partial charge in [-0.15, -0.1) is 0 Å². The van der Waals surface area contributed by atoms with Crippen LogP contribution >= 0.6 is 0 Å². The van der Waals surface area contributed by atoms with Crippen LogP contribution in [0.3, 0.4) is 0 Å². The van der Waals surface area contributed by atoms with E-state index >= 15 is 0 Å².